The Labute approximate surface area is 388 Å². The molecule has 1 aliphatic carbocycles. The average molecular weight is 965 g/mol. The monoisotopic (exact) mass is 965 g/mol. The van der Waals surface area contributed by atoms with Gasteiger partial charge in [-0.2, -0.15) is 0 Å². The van der Waals surface area contributed by atoms with Crippen LogP contribution >= 0.6 is 15.6 Å². The Kier molecular flexibility index (Phi) is 35.2. The highest BCUT2D eigenvalue weighted by atomic mass is 31.2. The van der Waals surface area contributed by atoms with E-state index >= 15 is 0 Å². The lowest BCUT2D eigenvalue weighted by atomic mass is 9.85. The highest BCUT2D eigenvalue weighted by molar-refractivity contribution is 7.47. The number of aliphatic hydroxyl groups excluding tert-OH is 4. The van der Waals surface area contributed by atoms with Gasteiger partial charge in [0.15, 0.2) is 6.10 Å². The van der Waals surface area contributed by atoms with Crippen LogP contribution in [0.25, 0.3) is 0 Å². The molecule has 376 valence electrons. The molecule has 0 aromatic rings. The van der Waals surface area contributed by atoms with Crippen molar-refractivity contribution in [2.24, 2.45) is 0 Å². The normalized spacial score (nSPS) is 22.2. The minimum atomic E-state index is -5.37. The van der Waals surface area contributed by atoms with Gasteiger partial charge < -0.3 is 44.6 Å². The first-order valence-corrected chi connectivity index (χ1v) is 26.9. The van der Waals surface area contributed by atoms with Crippen molar-refractivity contribution in [3.8, 4) is 0 Å². The quantitative estimate of drug-likeness (QED) is 0.0131. The van der Waals surface area contributed by atoms with Crippen LogP contribution in [0.2, 0.25) is 0 Å². The Morgan fingerprint density at radius 2 is 0.938 bits per heavy atom. The SMILES string of the molecule is CCC=CCC=CCC=CCC=CCCCCCCC(=O)OC[C@H](COP(=O)(O)O[C@H]1C(O)C(O)C(O)[C@@H](OP(=O)(O)O)C1O)OC(=O)CCCCCCCCCC=CCCCCCC. The molecule has 0 aromatic heterocycles. The number of phosphoric ester groups is 2. The highest BCUT2D eigenvalue weighted by Crippen LogP contribution is 2.49. The maximum absolute atomic E-state index is 13.0. The molecule has 1 fully saturated rings. The Balaban J connectivity index is 2.61. The van der Waals surface area contributed by atoms with Gasteiger partial charge in [-0.3, -0.25) is 23.2 Å². The number of hydrogen-bond acceptors (Lipinski definition) is 13. The van der Waals surface area contributed by atoms with Crippen molar-refractivity contribution in [3.05, 3.63) is 60.8 Å². The molecule has 1 saturated carbocycles. The Hall–Kier alpha value is -2.30. The second-order valence-corrected chi connectivity index (χ2v) is 19.0. The van der Waals surface area contributed by atoms with Crippen LogP contribution in [-0.2, 0) is 41.8 Å². The minimum absolute atomic E-state index is 0.0311. The zero-order chi connectivity index (χ0) is 48.2. The van der Waals surface area contributed by atoms with E-state index in [0.717, 1.165) is 103 Å². The molecule has 7 N–H and O–H groups in total. The molecule has 1 rings (SSSR count). The third-order valence-electron chi connectivity index (χ3n) is 10.6. The molecule has 0 aliphatic heterocycles. The summed E-state index contributed by atoms with van der Waals surface area (Å²) >= 11 is 0. The standard InChI is InChI=1S/C47H82O16P2/c1-3-5-7-9-11-13-15-17-19-20-22-23-25-27-29-31-33-35-40(48)59-37-39(61-41(49)36-34-32-30-28-26-24-21-18-16-14-12-10-8-6-4-2)38-60-65(57,58)63-47-44(52)42(50)43(51)46(45(47)53)62-64(54,55)56/h5,7,11,13-14,16-17,19,22-23,39,42-47,50-53H,3-4,6,8-10,12,15,18,20-21,24-38H2,1-2H3,(H,57,58)(H2,54,55,56)/t39-,42?,43?,44?,45?,46-,47+/m1/s1. The molecule has 5 unspecified atom stereocenters. The van der Waals surface area contributed by atoms with Gasteiger partial charge in [-0.1, -0.05) is 139 Å². The zero-order valence-electron chi connectivity index (χ0n) is 38.9. The van der Waals surface area contributed by atoms with Gasteiger partial charge in [-0.05, 0) is 77.0 Å². The van der Waals surface area contributed by atoms with E-state index in [1.165, 1.54) is 25.7 Å². The lowest BCUT2D eigenvalue weighted by Gasteiger charge is -2.43. The van der Waals surface area contributed by atoms with Crippen LogP contribution in [0.5, 0.6) is 0 Å². The molecule has 16 nitrogen and oxygen atoms in total. The molecule has 18 heteroatoms. The predicted molar refractivity (Wildman–Crippen MR) is 250 cm³/mol. The number of phosphoric acid groups is 2. The van der Waals surface area contributed by atoms with Crippen LogP contribution in [0, 0.1) is 0 Å². The molecule has 65 heavy (non-hydrogen) atoms. The molecular weight excluding hydrogens is 882 g/mol. The molecule has 0 saturated heterocycles. The molecule has 0 radical (unpaired) electrons. The van der Waals surface area contributed by atoms with Gasteiger partial charge in [0.2, 0.25) is 0 Å². The Morgan fingerprint density at radius 1 is 0.508 bits per heavy atom. The second kappa shape index (κ2) is 37.7. The molecule has 0 bridgehead atoms. The minimum Gasteiger partial charge on any atom is -0.462 e. The average Bonchev–Trinajstić information content (AvgIpc) is 3.26. The summed E-state index contributed by atoms with van der Waals surface area (Å²) in [5.74, 6) is -1.24. The molecule has 0 amide bonds. The zero-order valence-corrected chi connectivity index (χ0v) is 40.7. The van der Waals surface area contributed by atoms with E-state index in [4.69, 9.17) is 18.5 Å². The summed E-state index contributed by atoms with van der Waals surface area (Å²) in [6, 6.07) is 0. The number of rotatable bonds is 39. The number of allylic oxidation sites excluding steroid dienone is 10. The van der Waals surface area contributed by atoms with Crippen LogP contribution in [0.4, 0.5) is 0 Å². The van der Waals surface area contributed by atoms with Crippen molar-refractivity contribution in [1.82, 2.24) is 0 Å². The topological polar surface area (TPSA) is 256 Å². The van der Waals surface area contributed by atoms with E-state index in [2.05, 4.69) is 79.1 Å². The number of carbonyl (C=O) groups is 2. The molecule has 8 atom stereocenters. The van der Waals surface area contributed by atoms with Gasteiger partial charge in [-0.15, -0.1) is 0 Å². The summed E-state index contributed by atoms with van der Waals surface area (Å²) in [4.78, 5) is 54.3. The molecule has 0 aromatic carbocycles. The number of esters is 2. The van der Waals surface area contributed by atoms with Crippen molar-refractivity contribution in [2.45, 2.75) is 211 Å². The maximum atomic E-state index is 13.0. The molecule has 0 spiro atoms. The molecule has 0 heterocycles. The molecule has 1 aliphatic rings. The van der Waals surface area contributed by atoms with Crippen molar-refractivity contribution in [1.29, 1.82) is 0 Å². The van der Waals surface area contributed by atoms with Crippen LogP contribution in [-0.4, -0.2) is 103 Å². The summed E-state index contributed by atoms with van der Waals surface area (Å²) in [6.45, 7) is 2.96. The van der Waals surface area contributed by atoms with Crippen LogP contribution in [0.15, 0.2) is 60.8 Å². The number of hydrogen-bond donors (Lipinski definition) is 7. The van der Waals surface area contributed by atoms with E-state index in [-0.39, 0.29) is 12.8 Å². The first-order chi connectivity index (χ1) is 31.1. The lowest BCUT2D eigenvalue weighted by molar-refractivity contribution is -0.216. The summed E-state index contributed by atoms with van der Waals surface area (Å²) in [7, 11) is -10.7. The summed E-state index contributed by atoms with van der Waals surface area (Å²) in [5.41, 5.74) is 0. The van der Waals surface area contributed by atoms with Gasteiger partial charge in [-0.25, -0.2) is 9.13 Å². The van der Waals surface area contributed by atoms with E-state index in [0.29, 0.717) is 12.8 Å². The fourth-order valence-electron chi connectivity index (χ4n) is 6.89. The van der Waals surface area contributed by atoms with Crippen molar-refractivity contribution in [3.63, 3.8) is 0 Å². The van der Waals surface area contributed by atoms with Gasteiger partial charge >= 0.3 is 27.6 Å². The van der Waals surface area contributed by atoms with Gasteiger partial charge in [0.25, 0.3) is 0 Å². The van der Waals surface area contributed by atoms with Gasteiger partial charge in [0, 0.05) is 12.8 Å². The largest absolute Gasteiger partial charge is 0.472 e. The summed E-state index contributed by atoms with van der Waals surface area (Å²) < 4.78 is 49.4. The molecular formula is C47H82O16P2. The van der Waals surface area contributed by atoms with E-state index in [9.17, 15) is 53.8 Å². The fourth-order valence-corrected chi connectivity index (χ4v) is 8.43. The van der Waals surface area contributed by atoms with Crippen LogP contribution in [0.1, 0.15) is 168 Å². The van der Waals surface area contributed by atoms with E-state index < -0.39 is 83.5 Å². The predicted octanol–water partition coefficient (Wildman–Crippen LogP) is 9.06. The van der Waals surface area contributed by atoms with Gasteiger partial charge in [0.1, 0.15) is 43.2 Å². The van der Waals surface area contributed by atoms with E-state index in [1.807, 2.05) is 0 Å². The summed E-state index contributed by atoms with van der Waals surface area (Å²) in [5, 5.41) is 41.2. The Bertz CT molecular complexity index is 1490. The first kappa shape index (κ1) is 60.7. The second-order valence-electron chi connectivity index (χ2n) is 16.4. The summed E-state index contributed by atoms with van der Waals surface area (Å²) in [6.07, 6.45) is 28.9. The third-order valence-corrected chi connectivity index (χ3v) is 12.1. The smallest absolute Gasteiger partial charge is 0.462 e. The first-order valence-electron chi connectivity index (χ1n) is 23.8. The van der Waals surface area contributed by atoms with Crippen molar-refractivity contribution in [2.75, 3.05) is 13.2 Å². The number of carbonyl (C=O) groups excluding carboxylic acids is 2. The Morgan fingerprint density at radius 3 is 1.45 bits per heavy atom. The third kappa shape index (κ3) is 32.2. The van der Waals surface area contributed by atoms with Crippen molar-refractivity contribution < 1.29 is 76.9 Å². The lowest BCUT2D eigenvalue weighted by Crippen LogP contribution is -2.64. The van der Waals surface area contributed by atoms with Gasteiger partial charge in [0.05, 0.1) is 6.61 Å². The van der Waals surface area contributed by atoms with Crippen LogP contribution < -0.4 is 0 Å². The number of ether oxygens (including phenoxy) is 2. The fraction of sp³-hybridized carbons (Fsp3) is 0.745. The van der Waals surface area contributed by atoms with Crippen molar-refractivity contribution >= 4 is 27.6 Å². The number of unbranched alkanes of at least 4 members (excludes halogenated alkanes) is 15. The van der Waals surface area contributed by atoms with Crippen LogP contribution in [0.3, 0.4) is 0 Å². The van der Waals surface area contributed by atoms with E-state index in [1.54, 1.807) is 0 Å². The highest BCUT2D eigenvalue weighted by Gasteiger charge is 2.54. The number of aliphatic hydroxyl groups is 4. The maximum Gasteiger partial charge on any atom is 0.472 e.